The van der Waals surface area contributed by atoms with Gasteiger partial charge < -0.3 is 46.1 Å². The molecule has 0 aliphatic heterocycles. The lowest BCUT2D eigenvalue weighted by molar-refractivity contribution is -0.151. The summed E-state index contributed by atoms with van der Waals surface area (Å²) in [5.41, 5.74) is 2.91. The van der Waals surface area contributed by atoms with E-state index in [1.54, 1.807) is 69.4 Å². The van der Waals surface area contributed by atoms with Crippen LogP contribution in [0.5, 0.6) is 0 Å². The highest BCUT2D eigenvalue weighted by molar-refractivity contribution is 5.94. The van der Waals surface area contributed by atoms with Crippen LogP contribution in [0.3, 0.4) is 0 Å². The van der Waals surface area contributed by atoms with E-state index in [1.165, 1.54) is 0 Å². The first-order chi connectivity index (χ1) is 26.7. The number of benzene rings is 3. The van der Waals surface area contributed by atoms with Crippen molar-refractivity contribution in [3.63, 3.8) is 0 Å². The molecule has 0 bridgehead atoms. The van der Waals surface area contributed by atoms with E-state index in [-0.39, 0.29) is 26.0 Å². The lowest BCUT2D eigenvalue weighted by Crippen LogP contribution is -2.56. The van der Waals surface area contributed by atoms with Crippen molar-refractivity contribution in [2.75, 3.05) is 11.9 Å². The summed E-state index contributed by atoms with van der Waals surface area (Å²) < 4.78 is 10.7. The zero-order valence-corrected chi connectivity index (χ0v) is 32.0. The number of carbonyl (C=O) groups is 6. The normalized spacial score (nSPS) is 12.7. The number of esters is 1. The summed E-state index contributed by atoms with van der Waals surface area (Å²) in [4.78, 5) is 81.2. The Morgan fingerprint density at radius 2 is 1.45 bits per heavy atom. The zero-order valence-electron chi connectivity index (χ0n) is 32.0. The number of aromatic amines is 1. The molecular formula is C41H50N6O9. The number of alkyl carbamates (subject to hydrolysis) is 1. The third kappa shape index (κ3) is 13.8. The number of ether oxygens (including phenoxy) is 2. The Bertz CT molecular complexity index is 1970. The Labute approximate surface area is 325 Å². The number of H-pyrrole nitrogens is 1. The Kier molecular flexibility index (Phi) is 15.4. The predicted molar refractivity (Wildman–Crippen MR) is 210 cm³/mol. The summed E-state index contributed by atoms with van der Waals surface area (Å²) in [7, 11) is 0. The number of carbonyl (C=O) groups excluding carboxylic acids is 5. The average molecular weight is 771 g/mol. The molecule has 0 aliphatic rings. The maximum Gasteiger partial charge on any atom is 0.408 e. The van der Waals surface area contributed by atoms with Crippen LogP contribution >= 0.6 is 0 Å². The van der Waals surface area contributed by atoms with Crippen molar-refractivity contribution in [3.05, 3.63) is 102 Å². The number of carboxylic acid groups (broad SMARTS) is 1. The number of amides is 5. The van der Waals surface area contributed by atoms with E-state index >= 15 is 0 Å². The molecule has 0 saturated carbocycles. The number of carboxylic acids is 1. The van der Waals surface area contributed by atoms with Crippen molar-refractivity contribution in [1.82, 2.24) is 26.3 Å². The average Bonchev–Trinajstić information content (AvgIpc) is 3.55. The molecule has 3 atom stereocenters. The van der Waals surface area contributed by atoms with Crippen molar-refractivity contribution < 1.29 is 43.3 Å². The fourth-order valence-corrected chi connectivity index (χ4v) is 5.71. The number of unbranched alkanes of at least 4 members (excludes halogenated alkanes) is 1. The highest BCUT2D eigenvalue weighted by Gasteiger charge is 2.32. The first-order valence-electron chi connectivity index (χ1n) is 18.4. The van der Waals surface area contributed by atoms with Crippen molar-refractivity contribution >= 4 is 52.5 Å². The molecule has 56 heavy (non-hydrogen) atoms. The summed E-state index contributed by atoms with van der Waals surface area (Å²) in [6.45, 7) is 7.05. The number of aryl methyl sites for hydroxylation is 1. The van der Waals surface area contributed by atoms with Gasteiger partial charge in [0.05, 0.1) is 6.42 Å². The van der Waals surface area contributed by atoms with Crippen molar-refractivity contribution in [2.24, 2.45) is 0 Å². The minimum absolute atomic E-state index is 0.0222. The highest BCUT2D eigenvalue weighted by Crippen LogP contribution is 2.20. The van der Waals surface area contributed by atoms with Crippen molar-refractivity contribution in [1.29, 1.82) is 0 Å². The maximum absolute atomic E-state index is 14.0. The van der Waals surface area contributed by atoms with Crippen molar-refractivity contribution in [3.8, 4) is 0 Å². The van der Waals surface area contributed by atoms with E-state index < -0.39 is 66.0 Å². The van der Waals surface area contributed by atoms with E-state index in [4.69, 9.17) is 9.47 Å². The molecule has 7 N–H and O–H groups in total. The van der Waals surface area contributed by atoms with Gasteiger partial charge in [0.2, 0.25) is 11.8 Å². The van der Waals surface area contributed by atoms with Crippen LogP contribution in [0, 0.1) is 6.92 Å². The number of hydrogen-bond acceptors (Lipinski definition) is 8. The zero-order chi connectivity index (χ0) is 40.7. The van der Waals surface area contributed by atoms with Gasteiger partial charge in [-0.05, 0) is 75.8 Å². The number of anilines is 1. The fourth-order valence-electron chi connectivity index (χ4n) is 5.71. The van der Waals surface area contributed by atoms with E-state index in [2.05, 4.69) is 31.6 Å². The molecule has 0 aliphatic carbocycles. The van der Waals surface area contributed by atoms with Crippen LogP contribution in [0.4, 0.5) is 15.3 Å². The van der Waals surface area contributed by atoms with Crippen LogP contribution in [-0.4, -0.2) is 76.2 Å². The minimum atomic E-state index is -1.67. The largest absolute Gasteiger partial charge is 0.480 e. The van der Waals surface area contributed by atoms with Gasteiger partial charge in [-0.25, -0.2) is 14.4 Å². The summed E-state index contributed by atoms with van der Waals surface area (Å²) in [5, 5.41) is 24.0. The molecular weight excluding hydrogens is 720 g/mol. The van der Waals surface area contributed by atoms with Gasteiger partial charge in [-0.2, -0.15) is 0 Å². The number of rotatable bonds is 18. The molecule has 5 amide bonds. The summed E-state index contributed by atoms with van der Waals surface area (Å²) in [6.07, 6.45) is 0.953. The van der Waals surface area contributed by atoms with Crippen LogP contribution < -0.4 is 26.6 Å². The quantitative estimate of drug-likeness (QED) is 0.0529. The van der Waals surface area contributed by atoms with E-state index in [1.807, 2.05) is 43.3 Å². The number of fused-ring (bicyclic) bond motifs is 1. The predicted octanol–water partition coefficient (Wildman–Crippen LogP) is 5.09. The number of hydrogen-bond donors (Lipinski definition) is 7. The van der Waals surface area contributed by atoms with Crippen LogP contribution in [0.1, 0.15) is 63.1 Å². The first kappa shape index (κ1) is 42.4. The number of aromatic nitrogens is 1. The van der Waals surface area contributed by atoms with Gasteiger partial charge in [-0.1, -0.05) is 66.7 Å². The molecule has 0 radical (unpaired) electrons. The topological polar surface area (TPSA) is 217 Å². The van der Waals surface area contributed by atoms with Crippen LogP contribution in [0.15, 0.2) is 85.1 Å². The molecule has 15 nitrogen and oxygen atoms in total. The van der Waals surface area contributed by atoms with Gasteiger partial charge >= 0.3 is 24.1 Å². The molecule has 0 fully saturated rings. The molecule has 0 saturated heterocycles. The fraction of sp³-hybridized carbons (Fsp3) is 0.366. The Balaban J connectivity index is 1.47. The summed E-state index contributed by atoms with van der Waals surface area (Å²) in [5.74, 6) is -3.92. The highest BCUT2D eigenvalue weighted by atomic mass is 16.6. The standard InChI is InChI=1S/C41H50N6O9/c1-26-14-8-10-18-30(26)46-39(53)42-21-13-12-20-32(36(49)45-34(38(51)52)23-35(48)55-25-27-15-6-5-7-16-27)44-37(50)33(47-40(54)56-41(2,3)4)22-28-24-43-31-19-11-9-17-29(28)31/h5-11,14-19,24,32-34,43H,12-13,20-23,25H2,1-4H3,(H,44,50)(H,45,49)(H,47,54)(H,51,52)(H2,42,46,53)/t32-,33-,34-/m0/s1. The molecule has 4 rings (SSSR count). The molecule has 15 heteroatoms. The van der Waals surface area contributed by atoms with E-state index in [0.29, 0.717) is 29.7 Å². The lowest BCUT2D eigenvalue weighted by Gasteiger charge is -2.26. The van der Waals surface area contributed by atoms with Gasteiger partial charge in [-0.15, -0.1) is 0 Å². The number of nitrogens with one attached hydrogen (secondary N) is 6. The second-order valence-electron chi connectivity index (χ2n) is 14.3. The van der Waals surface area contributed by atoms with Crippen LogP contribution in [0.2, 0.25) is 0 Å². The number of urea groups is 1. The first-order valence-corrected chi connectivity index (χ1v) is 18.4. The van der Waals surface area contributed by atoms with Gasteiger partial charge in [-0.3, -0.25) is 14.4 Å². The minimum Gasteiger partial charge on any atom is -0.480 e. The molecule has 298 valence electrons. The summed E-state index contributed by atoms with van der Waals surface area (Å²) >= 11 is 0. The molecule has 0 unspecified atom stereocenters. The maximum atomic E-state index is 14.0. The third-order valence-corrected chi connectivity index (χ3v) is 8.57. The Hall–Kier alpha value is -6.38. The summed E-state index contributed by atoms with van der Waals surface area (Å²) in [6, 6.07) is 19.0. The van der Waals surface area contributed by atoms with Crippen LogP contribution in [-0.2, 0) is 41.7 Å². The Morgan fingerprint density at radius 3 is 2.16 bits per heavy atom. The number of aliphatic carboxylic acids is 1. The molecule has 1 heterocycles. The Morgan fingerprint density at radius 1 is 0.786 bits per heavy atom. The van der Waals surface area contributed by atoms with Gasteiger partial charge in [0.15, 0.2) is 0 Å². The second-order valence-corrected chi connectivity index (χ2v) is 14.3. The molecule has 3 aromatic carbocycles. The SMILES string of the molecule is Cc1ccccc1NC(=O)NCCCC[C@H](NC(=O)[C@H](Cc1c[nH]c2ccccc12)NC(=O)OC(C)(C)C)C(=O)N[C@@H](CC(=O)OCc1ccccc1)C(=O)O. The van der Waals surface area contributed by atoms with E-state index in [0.717, 1.165) is 16.5 Å². The van der Waals surface area contributed by atoms with Crippen LogP contribution in [0.25, 0.3) is 10.9 Å². The van der Waals surface area contributed by atoms with Gasteiger partial charge in [0.1, 0.15) is 30.3 Å². The number of para-hydroxylation sites is 2. The second kappa shape index (κ2) is 20.3. The van der Waals surface area contributed by atoms with Crippen molar-refractivity contribution in [2.45, 2.75) is 90.1 Å². The van der Waals surface area contributed by atoms with Gasteiger partial charge in [0.25, 0.3) is 0 Å². The third-order valence-electron chi connectivity index (χ3n) is 8.57. The monoisotopic (exact) mass is 770 g/mol. The lowest BCUT2D eigenvalue weighted by atomic mass is 10.0. The molecule has 4 aromatic rings. The van der Waals surface area contributed by atoms with E-state index in [9.17, 15) is 33.9 Å². The smallest absolute Gasteiger partial charge is 0.408 e. The molecule has 1 aromatic heterocycles. The molecule has 0 spiro atoms. The van der Waals surface area contributed by atoms with Gasteiger partial charge in [0, 0.05) is 35.8 Å².